The monoisotopic (exact) mass is 472 g/mol. The van der Waals surface area contributed by atoms with E-state index < -0.39 is 47.9 Å². The van der Waals surface area contributed by atoms with Gasteiger partial charge in [-0.1, -0.05) is 37.5 Å². The molecule has 0 radical (unpaired) electrons. The Morgan fingerprint density at radius 3 is 2.35 bits per heavy atom. The quantitative estimate of drug-likeness (QED) is 0.336. The number of hydrogen-bond acceptors (Lipinski definition) is 5. The van der Waals surface area contributed by atoms with E-state index in [1.54, 1.807) is 52.0 Å². The number of carbonyl (C=O) groups excluding carboxylic acids is 4. The van der Waals surface area contributed by atoms with Crippen molar-refractivity contribution in [2.24, 2.45) is 5.73 Å². The van der Waals surface area contributed by atoms with Crippen LogP contribution in [-0.4, -0.2) is 53.4 Å². The summed E-state index contributed by atoms with van der Waals surface area (Å²) in [5.74, 6) is 0.687. The van der Waals surface area contributed by atoms with E-state index in [0.717, 1.165) is 12.8 Å². The van der Waals surface area contributed by atoms with Crippen molar-refractivity contribution in [1.82, 2.24) is 15.5 Å². The lowest BCUT2D eigenvalue weighted by Crippen LogP contribution is -2.54. The van der Waals surface area contributed by atoms with E-state index in [9.17, 15) is 19.2 Å². The zero-order chi connectivity index (χ0) is 25.9. The summed E-state index contributed by atoms with van der Waals surface area (Å²) in [5, 5.41) is 5.27. The average molecular weight is 473 g/mol. The van der Waals surface area contributed by atoms with Crippen molar-refractivity contribution in [2.75, 3.05) is 13.1 Å². The van der Waals surface area contributed by atoms with Gasteiger partial charge in [0.25, 0.3) is 0 Å². The molecular formula is C25H36N4O5. The fraction of sp³-hybridized carbons (Fsp3) is 0.520. The smallest absolute Gasteiger partial charge is 0.408 e. The van der Waals surface area contributed by atoms with Crippen LogP contribution in [0.15, 0.2) is 24.3 Å². The molecule has 0 spiro atoms. The molecule has 0 saturated carbocycles. The number of alkyl carbamates (subject to hydrolysis) is 1. The van der Waals surface area contributed by atoms with Gasteiger partial charge >= 0.3 is 6.09 Å². The third kappa shape index (κ3) is 8.77. The van der Waals surface area contributed by atoms with E-state index in [0.29, 0.717) is 17.7 Å². The Balaban J connectivity index is 3.40. The molecule has 0 fully saturated rings. The molecule has 4 amide bonds. The Kier molecular flexibility index (Phi) is 11.1. The van der Waals surface area contributed by atoms with Crippen LogP contribution in [0.1, 0.15) is 71.0 Å². The largest absolute Gasteiger partial charge is 0.444 e. The van der Waals surface area contributed by atoms with E-state index in [2.05, 4.69) is 16.6 Å². The summed E-state index contributed by atoms with van der Waals surface area (Å²) in [6, 6.07) is 4.43. The molecule has 0 aromatic heterocycles. The number of amides is 4. The minimum Gasteiger partial charge on any atom is -0.444 e. The maximum absolute atomic E-state index is 13.6. The average Bonchev–Trinajstić information content (AvgIpc) is 2.75. The summed E-state index contributed by atoms with van der Waals surface area (Å²) < 4.78 is 5.23. The van der Waals surface area contributed by atoms with E-state index in [4.69, 9.17) is 16.9 Å². The number of carbonyl (C=O) groups is 4. The molecule has 0 aliphatic rings. The molecule has 34 heavy (non-hydrogen) atoms. The highest BCUT2D eigenvalue weighted by Gasteiger charge is 2.36. The van der Waals surface area contributed by atoms with Gasteiger partial charge in [0.15, 0.2) is 0 Å². The van der Waals surface area contributed by atoms with Gasteiger partial charge in [-0.25, -0.2) is 4.79 Å². The second-order valence-corrected chi connectivity index (χ2v) is 8.77. The van der Waals surface area contributed by atoms with Crippen LogP contribution in [0.25, 0.3) is 0 Å². The molecule has 1 aromatic carbocycles. The predicted octanol–water partition coefficient (Wildman–Crippen LogP) is 2.24. The first-order chi connectivity index (χ1) is 15.9. The first-order valence-electron chi connectivity index (χ1n) is 11.4. The second kappa shape index (κ2) is 13.2. The zero-order valence-corrected chi connectivity index (χ0v) is 20.6. The van der Waals surface area contributed by atoms with Gasteiger partial charge in [0.05, 0.1) is 6.42 Å². The second-order valence-electron chi connectivity index (χ2n) is 8.77. The van der Waals surface area contributed by atoms with Gasteiger partial charge in [0.2, 0.25) is 17.7 Å². The van der Waals surface area contributed by atoms with Crippen molar-refractivity contribution in [3.05, 3.63) is 35.4 Å². The maximum Gasteiger partial charge on any atom is 0.408 e. The summed E-state index contributed by atoms with van der Waals surface area (Å²) in [6.45, 7) is 9.23. The predicted molar refractivity (Wildman–Crippen MR) is 129 cm³/mol. The molecule has 0 saturated heterocycles. The van der Waals surface area contributed by atoms with Crippen LogP contribution in [-0.2, 0) is 19.1 Å². The number of likely N-dealkylation sites (N-methyl/N-ethyl adjacent to an activating group) is 1. The van der Waals surface area contributed by atoms with E-state index in [1.807, 2.05) is 6.92 Å². The van der Waals surface area contributed by atoms with Crippen LogP contribution in [0.3, 0.4) is 0 Å². The number of ether oxygens (including phenoxy) is 1. The van der Waals surface area contributed by atoms with Gasteiger partial charge < -0.3 is 26.0 Å². The van der Waals surface area contributed by atoms with Gasteiger partial charge in [0.1, 0.15) is 17.7 Å². The minimum atomic E-state index is -1.32. The lowest BCUT2D eigenvalue weighted by molar-refractivity contribution is -0.143. The third-order valence-corrected chi connectivity index (χ3v) is 4.82. The first-order valence-corrected chi connectivity index (χ1v) is 11.4. The molecule has 1 aromatic rings. The molecule has 0 aliphatic carbocycles. The number of terminal acetylenes is 1. The number of primary amides is 1. The summed E-state index contributed by atoms with van der Waals surface area (Å²) in [6.07, 6.45) is 5.96. The summed E-state index contributed by atoms with van der Waals surface area (Å²) >= 11 is 0. The Bertz CT molecular complexity index is 917. The first kappa shape index (κ1) is 28.5. The SMILES string of the molecule is C#Cc1ccccc1C(C(=O)NCCCC)N(CC)C(=O)C(CC(N)=O)NC(=O)OC(C)(C)C. The van der Waals surface area contributed by atoms with E-state index in [1.165, 1.54) is 4.90 Å². The van der Waals surface area contributed by atoms with Crippen molar-refractivity contribution in [1.29, 1.82) is 0 Å². The molecule has 9 heteroatoms. The van der Waals surface area contributed by atoms with Crippen molar-refractivity contribution >= 4 is 23.8 Å². The normalized spacial score (nSPS) is 12.6. The Morgan fingerprint density at radius 2 is 1.82 bits per heavy atom. The zero-order valence-electron chi connectivity index (χ0n) is 20.6. The molecule has 1 rings (SSSR count). The van der Waals surface area contributed by atoms with Gasteiger partial charge in [-0.15, -0.1) is 6.42 Å². The maximum atomic E-state index is 13.6. The van der Waals surface area contributed by atoms with Crippen molar-refractivity contribution < 1.29 is 23.9 Å². The van der Waals surface area contributed by atoms with Crippen LogP contribution in [0.2, 0.25) is 0 Å². The molecular weight excluding hydrogens is 436 g/mol. The molecule has 186 valence electrons. The number of benzene rings is 1. The number of nitrogens with one attached hydrogen (secondary N) is 2. The Hall–Kier alpha value is -3.54. The van der Waals surface area contributed by atoms with Gasteiger partial charge in [-0.2, -0.15) is 0 Å². The highest BCUT2D eigenvalue weighted by molar-refractivity contribution is 5.94. The molecule has 2 unspecified atom stereocenters. The van der Waals surface area contributed by atoms with Crippen LogP contribution in [0, 0.1) is 12.3 Å². The number of nitrogens with two attached hydrogens (primary N) is 1. The van der Waals surface area contributed by atoms with Crippen molar-refractivity contribution in [2.45, 2.75) is 71.6 Å². The molecule has 0 aliphatic heterocycles. The highest BCUT2D eigenvalue weighted by Crippen LogP contribution is 2.26. The topological polar surface area (TPSA) is 131 Å². The van der Waals surface area contributed by atoms with Gasteiger partial charge in [0, 0.05) is 18.7 Å². The highest BCUT2D eigenvalue weighted by atomic mass is 16.6. The summed E-state index contributed by atoms with van der Waals surface area (Å²) in [7, 11) is 0. The van der Waals surface area contributed by atoms with Crippen LogP contribution < -0.4 is 16.4 Å². The standard InChI is InChI=1S/C25H36N4O5/c1-7-10-15-27-22(31)21(18-14-12-11-13-17(18)8-2)29(9-3)23(32)19(16-20(26)30)28-24(33)34-25(4,5)6/h2,11-14,19,21H,7,9-10,15-16H2,1,3-6H3,(H2,26,30)(H,27,31)(H,28,33). The van der Waals surface area contributed by atoms with Crippen molar-refractivity contribution in [3.8, 4) is 12.3 Å². The number of unbranched alkanes of at least 4 members (excludes halogenated alkanes) is 1. The Labute approximate surface area is 201 Å². The van der Waals surface area contributed by atoms with Crippen LogP contribution in [0.4, 0.5) is 4.79 Å². The number of nitrogens with zero attached hydrogens (tertiary/aromatic N) is 1. The minimum absolute atomic E-state index is 0.106. The molecule has 2 atom stereocenters. The number of hydrogen-bond donors (Lipinski definition) is 3. The Morgan fingerprint density at radius 1 is 1.18 bits per heavy atom. The summed E-state index contributed by atoms with van der Waals surface area (Å²) in [5.41, 5.74) is 5.44. The van der Waals surface area contributed by atoms with Crippen LogP contribution >= 0.6 is 0 Å². The molecule has 0 bridgehead atoms. The van der Waals surface area contributed by atoms with E-state index >= 15 is 0 Å². The summed E-state index contributed by atoms with van der Waals surface area (Å²) in [4.78, 5) is 52.2. The fourth-order valence-electron chi connectivity index (χ4n) is 3.32. The lowest BCUT2D eigenvalue weighted by atomic mass is 9.97. The third-order valence-electron chi connectivity index (χ3n) is 4.82. The van der Waals surface area contributed by atoms with Gasteiger partial charge in [-0.05, 0) is 45.7 Å². The van der Waals surface area contributed by atoms with E-state index in [-0.39, 0.29) is 6.54 Å². The fourth-order valence-corrected chi connectivity index (χ4v) is 3.32. The number of rotatable bonds is 11. The molecule has 0 heterocycles. The molecule has 4 N–H and O–H groups in total. The van der Waals surface area contributed by atoms with Gasteiger partial charge in [-0.3, -0.25) is 14.4 Å². The van der Waals surface area contributed by atoms with Crippen LogP contribution in [0.5, 0.6) is 0 Å². The lowest BCUT2D eigenvalue weighted by Gasteiger charge is -2.34. The van der Waals surface area contributed by atoms with Crippen molar-refractivity contribution in [3.63, 3.8) is 0 Å². The molecule has 9 nitrogen and oxygen atoms in total.